The number of aliphatic hydroxyl groups excluding tert-OH is 1. The van der Waals surface area contributed by atoms with Crippen LogP contribution in [0.2, 0.25) is 0 Å². The van der Waals surface area contributed by atoms with Gasteiger partial charge in [0.1, 0.15) is 0 Å². The van der Waals surface area contributed by atoms with E-state index in [0.29, 0.717) is 26.1 Å². The lowest BCUT2D eigenvalue weighted by atomic mass is 9.80. The highest BCUT2D eigenvalue weighted by Crippen LogP contribution is 2.26. The predicted molar refractivity (Wildman–Crippen MR) is 56.9 cm³/mol. The Balaban J connectivity index is 2.59. The van der Waals surface area contributed by atoms with Crippen LogP contribution in [0.3, 0.4) is 0 Å². The third-order valence-corrected chi connectivity index (χ3v) is 3.15. The number of hydrogen-bond acceptors (Lipinski definition) is 3. The second-order valence-electron chi connectivity index (χ2n) is 4.70. The molecule has 0 aromatic heterocycles. The maximum Gasteiger partial charge on any atom is 0.407 e. The second-order valence-corrected chi connectivity index (χ2v) is 4.70. The molecular weight excluding hydrogens is 196 g/mol. The average molecular weight is 216 g/mol. The number of nitrogens with zero attached hydrogens (tertiary/aromatic N) is 1. The Labute approximate surface area is 90.1 Å². The van der Waals surface area contributed by atoms with E-state index in [1.165, 1.54) is 4.90 Å². The fourth-order valence-corrected chi connectivity index (χ4v) is 1.91. The van der Waals surface area contributed by atoms with Crippen LogP contribution >= 0.6 is 0 Å². The maximum absolute atomic E-state index is 10.8. The first-order chi connectivity index (χ1) is 6.97. The van der Waals surface area contributed by atoms with Crippen molar-refractivity contribution in [3.8, 4) is 0 Å². The molecule has 15 heavy (non-hydrogen) atoms. The highest BCUT2D eigenvalue weighted by molar-refractivity contribution is 5.65. The SMILES string of the molecule is CC(C)(CCO)[C@H]1CN(C(=O)O)CCN1. The van der Waals surface area contributed by atoms with Gasteiger partial charge >= 0.3 is 6.09 Å². The number of hydrogen-bond donors (Lipinski definition) is 3. The number of nitrogens with one attached hydrogen (secondary N) is 1. The molecule has 0 bridgehead atoms. The average Bonchev–Trinajstić information content (AvgIpc) is 2.18. The third-order valence-electron chi connectivity index (χ3n) is 3.15. The molecule has 1 fully saturated rings. The van der Waals surface area contributed by atoms with Crippen LogP contribution in [0.5, 0.6) is 0 Å². The molecule has 1 aliphatic rings. The number of piperazine rings is 1. The lowest BCUT2D eigenvalue weighted by Gasteiger charge is -2.41. The van der Waals surface area contributed by atoms with Crippen LogP contribution in [0.1, 0.15) is 20.3 Å². The summed E-state index contributed by atoms with van der Waals surface area (Å²) in [6, 6.07) is 0.120. The summed E-state index contributed by atoms with van der Waals surface area (Å²) in [5.41, 5.74) is -0.0805. The van der Waals surface area contributed by atoms with Crippen LogP contribution in [-0.2, 0) is 0 Å². The van der Waals surface area contributed by atoms with E-state index in [9.17, 15) is 4.79 Å². The standard InChI is InChI=1S/C10H20N2O3/c1-10(2,3-6-13)8-7-12(9(14)15)5-4-11-8/h8,11,13H,3-7H2,1-2H3,(H,14,15)/t8-/m1/s1. The Morgan fingerprint density at radius 2 is 2.27 bits per heavy atom. The van der Waals surface area contributed by atoms with Crippen LogP contribution in [0, 0.1) is 5.41 Å². The lowest BCUT2D eigenvalue weighted by molar-refractivity contribution is 0.0891. The molecule has 0 unspecified atom stereocenters. The summed E-state index contributed by atoms with van der Waals surface area (Å²) in [7, 11) is 0. The third kappa shape index (κ3) is 3.07. The zero-order chi connectivity index (χ0) is 11.5. The monoisotopic (exact) mass is 216 g/mol. The van der Waals surface area contributed by atoms with Crippen molar-refractivity contribution in [2.75, 3.05) is 26.2 Å². The topological polar surface area (TPSA) is 72.8 Å². The first-order valence-electron chi connectivity index (χ1n) is 5.29. The molecule has 1 amide bonds. The molecule has 1 heterocycles. The van der Waals surface area contributed by atoms with Crippen molar-refractivity contribution in [1.82, 2.24) is 10.2 Å². The minimum Gasteiger partial charge on any atom is -0.465 e. The molecule has 0 spiro atoms. The van der Waals surface area contributed by atoms with Crippen molar-refractivity contribution in [1.29, 1.82) is 0 Å². The summed E-state index contributed by atoms with van der Waals surface area (Å²) in [4.78, 5) is 12.3. The van der Waals surface area contributed by atoms with Gasteiger partial charge in [-0.25, -0.2) is 4.79 Å². The van der Waals surface area contributed by atoms with Gasteiger partial charge in [0.15, 0.2) is 0 Å². The summed E-state index contributed by atoms with van der Waals surface area (Å²) in [6.45, 7) is 5.96. The number of rotatable bonds is 3. The van der Waals surface area contributed by atoms with Crippen molar-refractivity contribution in [2.24, 2.45) is 5.41 Å². The molecule has 0 saturated carbocycles. The molecular formula is C10H20N2O3. The summed E-state index contributed by atoms with van der Waals surface area (Å²) in [5, 5.41) is 21.2. The minimum absolute atomic E-state index is 0.0805. The van der Waals surface area contributed by atoms with Gasteiger partial charge in [0.25, 0.3) is 0 Å². The molecule has 5 nitrogen and oxygen atoms in total. The van der Waals surface area contributed by atoms with E-state index in [1.54, 1.807) is 0 Å². The Kier molecular flexibility index (Phi) is 3.93. The summed E-state index contributed by atoms with van der Waals surface area (Å²) in [5.74, 6) is 0. The zero-order valence-electron chi connectivity index (χ0n) is 9.36. The van der Waals surface area contributed by atoms with Crippen molar-refractivity contribution in [3.63, 3.8) is 0 Å². The van der Waals surface area contributed by atoms with Crippen molar-refractivity contribution in [2.45, 2.75) is 26.3 Å². The molecule has 0 aromatic carbocycles. The molecule has 3 N–H and O–H groups in total. The fourth-order valence-electron chi connectivity index (χ4n) is 1.91. The fraction of sp³-hybridized carbons (Fsp3) is 0.900. The Bertz CT molecular complexity index is 231. The van der Waals surface area contributed by atoms with Gasteiger partial charge in [-0.05, 0) is 11.8 Å². The van der Waals surface area contributed by atoms with Crippen molar-refractivity contribution in [3.05, 3.63) is 0 Å². The Hall–Kier alpha value is -0.810. The number of aliphatic hydroxyl groups is 1. The second kappa shape index (κ2) is 4.81. The highest BCUT2D eigenvalue weighted by Gasteiger charge is 2.33. The number of amides is 1. The Morgan fingerprint density at radius 3 is 2.80 bits per heavy atom. The van der Waals surface area contributed by atoms with Crippen LogP contribution in [0.15, 0.2) is 0 Å². The summed E-state index contributed by atoms with van der Waals surface area (Å²) < 4.78 is 0. The van der Waals surface area contributed by atoms with Crippen molar-refractivity contribution >= 4 is 6.09 Å². The molecule has 1 rings (SSSR count). The minimum atomic E-state index is -0.860. The molecule has 0 radical (unpaired) electrons. The number of carbonyl (C=O) groups is 1. The van der Waals surface area contributed by atoms with Gasteiger partial charge in [0.05, 0.1) is 0 Å². The van der Waals surface area contributed by atoms with E-state index in [0.717, 1.165) is 0 Å². The smallest absolute Gasteiger partial charge is 0.407 e. The summed E-state index contributed by atoms with van der Waals surface area (Å²) >= 11 is 0. The number of carboxylic acid groups (broad SMARTS) is 1. The quantitative estimate of drug-likeness (QED) is 0.636. The largest absolute Gasteiger partial charge is 0.465 e. The molecule has 1 saturated heterocycles. The van der Waals surface area contributed by atoms with Crippen LogP contribution < -0.4 is 5.32 Å². The van der Waals surface area contributed by atoms with Crippen LogP contribution in [0.4, 0.5) is 4.79 Å². The van der Waals surface area contributed by atoms with Crippen molar-refractivity contribution < 1.29 is 15.0 Å². The van der Waals surface area contributed by atoms with E-state index in [-0.39, 0.29) is 18.1 Å². The first-order valence-corrected chi connectivity index (χ1v) is 5.29. The van der Waals surface area contributed by atoms with E-state index in [2.05, 4.69) is 5.32 Å². The first kappa shape index (κ1) is 12.3. The predicted octanol–water partition coefficient (Wildman–Crippen LogP) is 0.347. The van der Waals surface area contributed by atoms with Gasteiger partial charge < -0.3 is 20.4 Å². The summed E-state index contributed by atoms with van der Waals surface area (Å²) in [6.07, 6.45) is -0.181. The highest BCUT2D eigenvalue weighted by atomic mass is 16.4. The van der Waals surface area contributed by atoms with Gasteiger partial charge in [-0.1, -0.05) is 13.8 Å². The van der Waals surface area contributed by atoms with Crippen LogP contribution in [0.25, 0.3) is 0 Å². The van der Waals surface area contributed by atoms with E-state index in [1.807, 2.05) is 13.8 Å². The van der Waals surface area contributed by atoms with E-state index in [4.69, 9.17) is 10.2 Å². The maximum atomic E-state index is 10.8. The molecule has 0 aliphatic carbocycles. The van der Waals surface area contributed by atoms with Crippen LogP contribution in [-0.4, -0.2) is 53.5 Å². The normalized spacial score (nSPS) is 22.9. The Morgan fingerprint density at radius 1 is 1.60 bits per heavy atom. The molecule has 1 aliphatic heterocycles. The lowest BCUT2D eigenvalue weighted by Crippen LogP contribution is -2.57. The van der Waals surface area contributed by atoms with Gasteiger partial charge in [0, 0.05) is 32.3 Å². The van der Waals surface area contributed by atoms with E-state index < -0.39 is 6.09 Å². The molecule has 88 valence electrons. The zero-order valence-corrected chi connectivity index (χ0v) is 9.36. The van der Waals surface area contributed by atoms with Gasteiger partial charge in [-0.2, -0.15) is 0 Å². The molecule has 1 atom stereocenters. The van der Waals surface area contributed by atoms with Gasteiger partial charge in [-0.3, -0.25) is 0 Å². The van der Waals surface area contributed by atoms with Gasteiger partial charge in [-0.15, -0.1) is 0 Å². The van der Waals surface area contributed by atoms with Gasteiger partial charge in [0.2, 0.25) is 0 Å². The van der Waals surface area contributed by atoms with E-state index >= 15 is 0 Å². The molecule has 5 heteroatoms. The molecule has 0 aromatic rings.